The van der Waals surface area contributed by atoms with E-state index in [0.29, 0.717) is 18.1 Å². The molecule has 1 aromatic rings. The highest BCUT2D eigenvalue weighted by molar-refractivity contribution is 5.88. The Labute approximate surface area is 114 Å². The molecule has 0 radical (unpaired) electrons. The fourth-order valence-electron chi connectivity index (χ4n) is 2.06. The molecule has 1 aliphatic rings. The predicted molar refractivity (Wildman–Crippen MR) is 72.0 cm³/mol. The largest absolute Gasteiger partial charge is 0.462 e. The lowest BCUT2D eigenvalue weighted by Crippen LogP contribution is -2.30. The van der Waals surface area contributed by atoms with Crippen molar-refractivity contribution in [2.45, 2.75) is 19.3 Å². The van der Waals surface area contributed by atoms with Crippen molar-refractivity contribution in [1.29, 1.82) is 0 Å². The molecule has 100 valence electrons. The van der Waals surface area contributed by atoms with Gasteiger partial charge in [0.2, 0.25) is 0 Å². The zero-order chi connectivity index (χ0) is 11.9. The lowest BCUT2D eigenvalue weighted by molar-refractivity contribution is 0.0477. The highest BCUT2D eigenvalue weighted by Gasteiger charge is 2.14. The lowest BCUT2D eigenvalue weighted by Gasteiger charge is -2.22. The minimum absolute atomic E-state index is 0. The van der Waals surface area contributed by atoms with E-state index in [2.05, 4.69) is 10.3 Å². The molecule has 4 nitrogen and oxygen atoms in total. The quantitative estimate of drug-likeness (QED) is 0.851. The number of ether oxygens (including phenoxy) is 1. The molecule has 2 rings (SSSR count). The first-order valence-electron chi connectivity index (χ1n) is 6.14. The van der Waals surface area contributed by atoms with Crippen molar-refractivity contribution in [1.82, 2.24) is 10.3 Å². The zero-order valence-electron chi connectivity index (χ0n) is 10.3. The zero-order valence-corrected chi connectivity index (χ0v) is 11.1. The van der Waals surface area contributed by atoms with Crippen LogP contribution in [0.1, 0.15) is 29.6 Å². The molecule has 5 heteroatoms. The maximum atomic E-state index is 11.6. The van der Waals surface area contributed by atoms with E-state index in [-0.39, 0.29) is 18.4 Å². The van der Waals surface area contributed by atoms with E-state index < -0.39 is 0 Å². The van der Waals surface area contributed by atoms with Crippen LogP contribution in [0.2, 0.25) is 0 Å². The summed E-state index contributed by atoms with van der Waals surface area (Å²) in [7, 11) is 0. The summed E-state index contributed by atoms with van der Waals surface area (Å²) in [5, 5.41) is 3.35. The number of rotatable bonds is 4. The number of hydrogen-bond donors (Lipinski definition) is 1. The van der Waals surface area contributed by atoms with Gasteiger partial charge in [-0.1, -0.05) is 0 Å². The van der Waals surface area contributed by atoms with E-state index in [1.54, 1.807) is 18.3 Å². The van der Waals surface area contributed by atoms with Crippen LogP contribution in [0.15, 0.2) is 24.5 Å². The second-order valence-corrected chi connectivity index (χ2v) is 4.38. The number of carbonyl (C=O) groups is 1. The van der Waals surface area contributed by atoms with Crippen molar-refractivity contribution >= 4 is 18.4 Å². The summed E-state index contributed by atoms with van der Waals surface area (Å²) in [5.74, 6) is 0.368. The third kappa shape index (κ3) is 4.63. The number of piperidine rings is 1. The third-order valence-electron chi connectivity index (χ3n) is 3.06. The first-order valence-corrected chi connectivity index (χ1v) is 6.14. The molecular weight excluding hydrogens is 252 g/mol. The lowest BCUT2D eigenvalue weighted by atomic mass is 9.97. The van der Waals surface area contributed by atoms with Crippen molar-refractivity contribution < 1.29 is 9.53 Å². The monoisotopic (exact) mass is 270 g/mol. The van der Waals surface area contributed by atoms with Gasteiger partial charge in [0.25, 0.3) is 0 Å². The van der Waals surface area contributed by atoms with Crippen LogP contribution in [0.25, 0.3) is 0 Å². The Morgan fingerprint density at radius 1 is 1.56 bits per heavy atom. The molecule has 0 saturated carbocycles. The SMILES string of the molecule is Cl.O=C(OCCC1CCCNC1)c1cccnc1. The van der Waals surface area contributed by atoms with Gasteiger partial charge in [0.15, 0.2) is 0 Å². The second kappa shape index (κ2) is 8.06. The standard InChI is InChI=1S/C13H18N2O2.ClH/c16-13(12-4-2-7-15-10-12)17-8-5-11-3-1-6-14-9-11;/h2,4,7,10-11,14H,1,3,5-6,8-9H2;1H. The van der Waals surface area contributed by atoms with E-state index in [4.69, 9.17) is 4.74 Å². The number of hydrogen-bond acceptors (Lipinski definition) is 4. The summed E-state index contributed by atoms with van der Waals surface area (Å²) >= 11 is 0. The molecule has 18 heavy (non-hydrogen) atoms. The van der Waals surface area contributed by atoms with Crippen molar-refractivity contribution in [2.75, 3.05) is 19.7 Å². The van der Waals surface area contributed by atoms with Crippen LogP contribution in [0.5, 0.6) is 0 Å². The first-order chi connectivity index (χ1) is 8.36. The summed E-state index contributed by atoms with van der Waals surface area (Å²) in [5.41, 5.74) is 0.522. The number of nitrogens with zero attached hydrogens (tertiary/aromatic N) is 1. The summed E-state index contributed by atoms with van der Waals surface area (Å²) in [6, 6.07) is 3.46. The van der Waals surface area contributed by atoms with Gasteiger partial charge >= 0.3 is 5.97 Å². The maximum absolute atomic E-state index is 11.6. The first kappa shape index (κ1) is 14.9. The van der Waals surface area contributed by atoms with Crippen molar-refractivity contribution in [3.8, 4) is 0 Å². The minimum Gasteiger partial charge on any atom is -0.462 e. The van der Waals surface area contributed by atoms with Crippen molar-refractivity contribution in [3.63, 3.8) is 0 Å². The normalized spacial score (nSPS) is 18.8. The topological polar surface area (TPSA) is 51.2 Å². The summed E-state index contributed by atoms with van der Waals surface area (Å²) in [6.07, 6.45) is 6.58. The molecule has 0 amide bonds. The van der Waals surface area contributed by atoms with Gasteiger partial charge in [-0.25, -0.2) is 4.79 Å². The second-order valence-electron chi connectivity index (χ2n) is 4.38. The van der Waals surface area contributed by atoms with Crippen LogP contribution in [-0.4, -0.2) is 30.6 Å². The molecule has 1 saturated heterocycles. The van der Waals surface area contributed by atoms with Crippen LogP contribution >= 0.6 is 12.4 Å². The average Bonchev–Trinajstić information content (AvgIpc) is 2.41. The summed E-state index contributed by atoms with van der Waals surface area (Å²) in [6.45, 7) is 2.66. The molecule has 1 atom stereocenters. The number of pyridine rings is 1. The number of halogens is 1. The van der Waals surface area contributed by atoms with Gasteiger partial charge < -0.3 is 10.1 Å². The molecule has 1 fully saturated rings. The predicted octanol–water partition coefficient (Wildman–Crippen LogP) is 2.05. The Balaban J connectivity index is 0.00000162. The molecule has 1 aliphatic heterocycles. The molecular formula is C13H19ClN2O2. The summed E-state index contributed by atoms with van der Waals surface area (Å²) in [4.78, 5) is 15.5. The fourth-order valence-corrected chi connectivity index (χ4v) is 2.06. The molecule has 0 spiro atoms. The number of esters is 1. The smallest absolute Gasteiger partial charge is 0.339 e. The third-order valence-corrected chi connectivity index (χ3v) is 3.06. The van der Waals surface area contributed by atoms with Gasteiger partial charge in [0, 0.05) is 12.4 Å². The molecule has 0 aromatic carbocycles. The van der Waals surface area contributed by atoms with E-state index in [9.17, 15) is 4.79 Å². The molecule has 0 bridgehead atoms. The van der Waals surface area contributed by atoms with Crippen LogP contribution in [0.4, 0.5) is 0 Å². The number of aromatic nitrogens is 1. The van der Waals surface area contributed by atoms with Gasteiger partial charge in [-0.15, -0.1) is 12.4 Å². The van der Waals surface area contributed by atoms with Gasteiger partial charge in [0.1, 0.15) is 0 Å². The van der Waals surface area contributed by atoms with Gasteiger partial charge in [-0.05, 0) is 50.4 Å². The van der Waals surface area contributed by atoms with Crippen LogP contribution in [0.3, 0.4) is 0 Å². The maximum Gasteiger partial charge on any atom is 0.339 e. The molecule has 1 aromatic heterocycles. The van der Waals surface area contributed by atoms with E-state index in [1.165, 1.54) is 19.0 Å². The Morgan fingerprint density at radius 2 is 2.44 bits per heavy atom. The Kier molecular flexibility index (Phi) is 6.68. The Bertz CT molecular complexity index is 353. The van der Waals surface area contributed by atoms with Crippen LogP contribution in [0, 0.1) is 5.92 Å². The van der Waals surface area contributed by atoms with E-state index in [1.807, 2.05) is 0 Å². The molecule has 1 unspecified atom stereocenters. The Hall–Kier alpha value is -1.13. The highest BCUT2D eigenvalue weighted by atomic mass is 35.5. The van der Waals surface area contributed by atoms with Gasteiger partial charge in [-0.3, -0.25) is 4.98 Å². The van der Waals surface area contributed by atoms with E-state index in [0.717, 1.165) is 19.5 Å². The fraction of sp³-hybridized carbons (Fsp3) is 0.538. The molecule has 2 heterocycles. The Morgan fingerprint density at radius 3 is 3.11 bits per heavy atom. The highest BCUT2D eigenvalue weighted by Crippen LogP contribution is 2.14. The van der Waals surface area contributed by atoms with Crippen molar-refractivity contribution in [2.24, 2.45) is 5.92 Å². The van der Waals surface area contributed by atoms with Gasteiger partial charge in [0.05, 0.1) is 12.2 Å². The molecule has 0 aliphatic carbocycles. The number of carbonyl (C=O) groups excluding carboxylic acids is 1. The number of nitrogens with one attached hydrogen (secondary N) is 1. The average molecular weight is 271 g/mol. The van der Waals surface area contributed by atoms with Crippen molar-refractivity contribution in [3.05, 3.63) is 30.1 Å². The van der Waals surface area contributed by atoms with Gasteiger partial charge in [-0.2, -0.15) is 0 Å². The van der Waals surface area contributed by atoms with E-state index >= 15 is 0 Å². The summed E-state index contributed by atoms with van der Waals surface area (Å²) < 4.78 is 5.22. The minimum atomic E-state index is -0.276. The van der Waals surface area contributed by atoms with Crippen LogP contribution < -0.4 is 5.32 Å². The molecule has 1 N–H and O–H groups in total. The van der Waals surface area contributed by atoms with Crippen LogP contribution in [-0.2, 0) is 4.74 Å².